The van der Waals surface area contributed by atoms with E-state index in [1.54, 1.807) is 0 Å². The van der Waals surface area contributed by atoms with Crippen molar-refractivity contribution in [3.8, 4) is 16.9 Å². The molecule has 2 aromatic carbocycles. The molecule has 0 aliphatic carbocycles. The first-order valence-electron chi connectivity index (χ1n) is 8.31. The highest BCUT2D eigenvalue weighted by Gasteiger charge is 2.14. The Morgan fingerprint density at radius 2 is 1.73 bits per heavy atom. The van der Waals surface area contributed by atoms with E-state index in [-0.39, 0.29) is 5.91 Å². The maximum Gasteiger partial charge on any atom is 0.252 e. The van der Waals surface area contributed by atoms with Gasteiger partial charge in [0.05, 0.1) is 11.4 Å². The lowest BCUT2D eigenvalue weighted by Crippen LogP contribution is -2.22. The van der Waals surface area contributed by atoms with Crippen LogP contribution in [0.3, 0.4) is 0 Å². The summed E-state index contributed by atoms with van der Waals surface area (Å²) in [7, 11) is 0. The number of carbonyl (C=O) groups is 1. The Kier molecular flexibility index (Phi) is 4.62. The van der Waals surface area contributed by atoms with E-state index in [0.717, 1.165) is 22.5 Å². The number of hydrogen-bond donors (Lipinski definition) is 1. The number of rotatable bonds is 5. The molecule has 1 amide bonds. The van der Waals surface area contributed by atoms with Gasteiger partial charge in [-0.15, -0.1) is 0 Å². The van der Waals surface area contributed by atoms with Crippen LogP contribution in [0, 0.1) is 0 Å². The van der Waals surface area contributed by atoms with E-state index in [1.807, 2.05) is 88.4 Å². The Morgan fingerprint density at radius 3 is 2.42 bits per heavy atom. The SMILES string of the molecule is O=C(NCc1cn(-c2ccccc2)nc1-c1ccccc1)c1ccsc1. The van der Waals surface area contributed by atoms with Gasteiger partial charge < -0.3 is 5.32 Å². The Balaban J connectivity index is 1.65. The molecule has 4 nitrogen and oxygen atoms in total. The van der Waals surface area contributed by atoms with Gasteiger partial charge in [0, 0.05) is 34.8 Å². The summed E-state index contributed by atoms with van der Waals surface area (Å²) >= 11 is 1.51. The molecule has 4 aromatic rings. The molecule has 4 rings (SSSR count). The van der Waals surface area contributed by atoms with Crippen LogP contribution in [0.5, 0.6) is 0 Å². The van der Waals surface area contributed by atoms with Gasteiger partial charge >= 0.3 is 0 Å². The monoisotopic (exact) mass is 359 g/mol. The highest BCUT2D eigenvalue weighted by Crippen LogP contribution is 2.23. The average Bonchev–Trinajstić information content (AvgIpc) is 3.38. The topological polar surface area (TPSA) is 46.9 Å². The van der Waals surface area contributed by atoms with Crippen LogP contribution >= 0.6 is 11.3 Å². The van der Waals surface area contributed by atoms with Gasteiger partial charge in [-0.05, 0) is 23.6 Å². The van der Waals surface area contributed by atoms with Crippen LogP contribution in [0.15, 0.2) is 83.7 Å². The fourth-order valence-corrected chi connectivity index (χ4v) is 3.40. The smallest absolute Gasteiger partial charge is 0.252 e. The highest BCUT2D eigenvalue weighted by molar-refractivity contribution is 7.08. The molecule has 0 unspecified atom stereocenters. The van der Waals surface area contributed by atoms with Gasteiger partial charge in [0.2, 0.25) is 0 Å². The predicted molar refractivity (Wildman–Crippen MR) is 104 cm³/mol. The minimum Gasteiger partial charge on any atom is -0.348 e. The van der Waals surface area contributed by atoms with Gasteiger partial charge in [-0.1, -0.05) is 48.5 Å². The number of hydrogen-bond acceptors (Lipinski definition) is 3. The summed E-state index contributed by atoms with van der Waals surface area (Å²) in [4.78, 5) is 12.3. The first kappa shape index (κ1) is 16.3. The van der Waals surface area contributed by atoms with Crippen LogP contribution < -0.4 is 5.32 Å². The molecule has 0 atom stereocenters. The molecule has 128 valence electrons. The second-order valence-electron chi connectivity index (χ2n) is 5.84. The van der Waals surface area contributed by atoms with E-state index in [2.05, 4.69) is 5.32 Å². The van der Waals surface area contributed by atoms with Crippen LogP contribution in [0.25, 0.3) is 16.9 Å². The first-order chi connectivity index (χ1) is 12.8. The Labute approximate surface area is 155 Å². The van der Waals surface area contributed by atoms with Crippen molar-refractivity contribution < 1.29 is 4.79 Å². The average molecular weight is 359 g/mol. The van der Waals surface area contributed by atoms with Crippen LogP contribution in [0.4, 0.5) is 0 Å². The molecule has 5 heteroatoms. The lowest BCUT2D eigenvalue weighted by atomic mass is 10.1. The number of nitrogens with one attached hydrogen (secondary N) is 1. The zero-order chi connectivity index (χ0) is 17.8. The molecular formula is C21H17N3OS. The third-order valence-electron chi connectivity index (χ3n) is 4.08. The van der Waals surface area contributed by atoms with Crippen molar-refractivity contribution in [3.05, 3.63) is 94.8 Å². The maximum absolute atomic E-state index is 12.3. The number of amides is 1. The first-order valence-corrected chi connectivity index (χ1v) is 9.25. The largest absolute Gasteiger partial charge is 0.348 e. The third kappa shape index (κ3) is 3.43. The van der Waals surface area contributed by atoms with Crippen molar-refractivity contribution in [2.45, 2.75) is 6.54 Å². The molecule has 0 bridgehead atoms. The van der Waals surface area contributed by atoms with Gasteiger partial charge in [0.15, 0.2) is 0 Å². The number of nitrogens with zero attached hydrogens (tertiary/aromatic N) is 2. The molecule has 2 aromatic heterocycles. The molecule has 0 fully saturated rings. The van der Waals surface area contributed by atoms with E-state index in [9.17, 15) is 4.79 Å². The quantitative estimate of drug-likeness (QED) is 0.569. The van der Waals surface area contributed by atoms with E-state index >= 15 is 0 Å². The fourth-order valence-electron chi connectivity index (χ4n) is 2.76. The van der Waals surface area contributed by atoms with E-state index in [0.29, 0.717) is 12.1 Å². The molecule has 0 aliphatic heterocycles. The van der Waals surface area contributed by atoms with Gasteiger partial charge in [-0.3, -0.25) is 4.79 Å². The minimum atomic E-state index is -0.0716. The summed E-state index contributed by atoms with van der Waals surface area (Å²) in [6.45, 7) is 0.422. The van der Waals surface area contributed by atoms with Crippen LogP contribution in [0.2, 0.25) is 0 Å². The number of benzene rings is 2. The Bertz CT molecular complexity index is 992. The predicted octanol–water partition coefficient (Wildman–Crippen LogP) is 4.53. The van der Waals surface area contributed by atoms with Crippen molar-refractivity contribution in [2.75, 3.05) is 0 Å². The third-order valence-corrected chi connectivity index (χ3v) is 4.76. The lowest BCUT2D eigenvalue weighted by Gasteiger charge is -2.04. The van der Waals surface area contributed by atoms with Crippen molar-refractivity contribution in [3.63, 3.8) is 0 Å². The van der Waals surface area contributed by atoms with E-state index in [1.165, 1.54) is 11.3 Å². The molecule has 0 aliphatic rings. The Morgan fingerprint density at radius 1 is 1.00 bits per heavy atom. The second kappa shape index (κ2) is 7.37. The molecule has 26 heavy (non-hydrogen) atoms. The molecule has 0 spiro atoms. The normalized spacial score (nSPS) is 10.6. The van der Waals surface area contributed by atoms with E-state index < -0.39 is 0 Å². The van der Waals surface area contributed by atoms with Crippen LogP contribution in [-0.4, -0.2) is 15.7 Å². The Hall–Kier alpha value is -3.18. The number of aromatic nitrogens is 2. The molecule has 0 saturated heterocycles. The molecular weight excluding hydrogens is 342 g/mol. The number of thiophene rings is 1. The maximum atomic E-state index is 12.3. The number of para-hydroxylation sites is 1. The summed E-state index contributed by atoms with van der Waals surface area (Å²) in [5.41, 5.74) is 4.55. The second-order valence-corrected chi connectivity index (χ2v) is 6.62. The van der Waals surface area contributed by atoms with Crippen molar-refractivity contribution in [2.24, 2.45) is 0 Å². The van der Waals surface area contributed by atoms with Gasteiger partial charge in [0.25, 0.3) is 5.91 Å². The molecule has 2 heterocycles. The minimum absolute atomic E-state index is 0.0716. The summed E-state index contributed by atoms with van der Waals surface area (Å²) in [6, 6.07) is 21.8. The van der Waals surface area contributed by atoms with Crippen molar-refractivity contribution >= 4 is 17.2 Å². The van der Waals surface area contributed by atoms with Gasteiger partial charge in [-0.2, -0.15) is 16.4 Å². The summed E-state index contributed by atoms with van der Waals surface area (Å²) in [6.07, 6.45) is 1.98. The van der Waals surface area contributed by atoms with Gasteiger partial charge in [-0.25, -0.2) is 4.68 Å². The fraction of sp³-hybridized carbons (Fsp3) is 0.0476. The number of carbonyl (C=O) groups excluding carboxylic acids is 1. The van der Waals surface area contributed by atoms with Crippen LogP contribution in [-0.2, 0) is 6.54 Å². The molecule has 1 N–H and O–H groups in total. The van der Waals surface area contributed by atoms with E-state index in [4.69, 9.17) is 5.10 Å². The zero-order valence-corrected chi connectivity index (χ0v) is 14.8. The zero-order valence-electron chi connectivity index (χ0n) is 14.0. The molecule has 0 saturated carbocycles. The van der Waals surface area contributed by atoms with Crippen molar-refractivity contribution in [1.29, 1.82) is 0 Å². The lowest BCUT2D eigenvalue weighted by molar-refractivity contribution is 0.0951. The highest BCUT2D eigenvalue weighted by atomic mass is 32.1. The molecule has 0 radical (unpaired) electrons. The summed E-state index contributed by atoms with van der Waals surface area (Å²) < 4.78 is 1.86. The summed E-state index contributed by atoms with van der Waals surface area (Å²) in [5.74, 6) is -0.0716. The van der Waals surface area contributed by atoms with Gasteiger partial charge in [0.1, 0.15) is 0 Å². The van der Waals surface area contributed by atoms with Crippen LogP contribution in [0.1, 0.15) is 15.9 Å². The summed E-state index contributed by atoms with van der Waals surface area (Å²) in [5, 5.41) is 11.5. The van der Waals surface area contributed by atoms with Crippen molar-refractivity contribution in [1.82, 2.24) is 15.1 Å². The standard InChI is InChI=1S/C21H17N3OS/c25-21(17-11-12-26-15-17)22-13-18-14-24(19-9-5-2-6-10-19)23-20(18)16-7-3-1-4-8-16/h1-12,14-15H,13H2,(H,22,25).